The standard InChI is InChI=1S/C23H36N4/c1-6-18(2)16-20(4)17-24-21-10-12-22(13-11-21)25-26-23-14-9-19(3)8-7-15-27(23)5/h7,10-15,18-20,24H,6,8-9,16-17H2,1-5H3. The average molecular weight is 369 g/mol. The molecule has 0 saturated heterocycles. The van der Waals surface area contributed by atoms with Gasteiger partial charge in [-0.3, -0.25) is 0 Å². The fourth-order valence-corrected chi connectivity index (χ4v) is 3.17. The monoisotopic (exact) mass is 368 g/mol. The average Bonchev–Trinajstić information content (AvgIpc) is 2.65. The lowest BCUT2D eigenvalue weighted by Crippen LogP contribution is -2.13. The lowest BCUT2D eigenvalue weighted by atomic mass is 9.95. The first-order chi connectivity index (χ1) is 13.0. The van der Waals surface area contributed by atoms with Gasteiger partial charge in [0.15, 0.2) is 5.82 Å². The van der Waals surface area contributed by atoms with Crippen molar-refractivity contribution < 1.29 is 0 Å². The molecular formula is C23H36N4. The highest BCUT2D eigenvalue weighted by Gasteiger charge is 2.08. The molecule has 1 aromatic carbocycles. The fourth-order valence-electron chi connectivity index (χ4n) is 3.17. The summed E-state index contributed by atoms with van der Waals surface area (Å²) in [5.74, 6) is 3.02. The highest BCUT2D eigenvalue weighted by atomic mass is 15.3. The van der Waals surface area contributed by atoms with Gasteiger partial charge in [-0.15, -0.1) is 10.2 Å². The summed E-state index contributed by atoms with van der Waals surface area (Å²) in [7, 11) is 2.02. The van der Waals surface area contributed by atoms with Gasteiger partial charge in [-0.1, -0.05) is 40.2 Å². The smallest absolute Gasteiger partial charge is 0.150 e. The van der Waals surface area contributed by atoms with Crippen LogP contribution in [0.25, 0.3) is 0 Å². The zero-order chi connectivity index (χ0) is 19.6. The molecule has 4 heteroatoms. The Labute approximate surface area is 165 Å². The van der Waals surface area contributed by atoms with Crippen LogP contribution in [0.4, 0.5) is 11.4 Å². The lowest BCUT2D eigenvalue weighted by molar-refractivity contribution is 0.418. The molecule has 0 spiro atoms. The summed E-state index contributed by atoms with van der Waals surface area (Å²) in [5.41, 5.74) is 2.02. The van der Waals surface area contributed by atoms with E-state index in [0.717, 1.165) is 42.5 Å². The van der Waals surface area contributed by atoms with Crippen LogP contribution >= 0.6 is 0 Å². The zero-order valence-corrected chi connectivity index (χ0v) is 17.7. The van der Waals surface area contributed by atoms with Crippen molar-refractivity contribution in [1.82, 2.24) is 4.90 Å². The minimum atomic E-state index is 0.646. The largest absolute Gasteiger partial charge is 0.385 e. The fraction of sp³-hybridized carbons (Fsp3) is 0.565. The molecule has 3 unspecified atom stereocenters. The van der Waals surface area contributed by atoms with E-state index in [1.807, 2.05) is 24.1 Å². The molecule has 0 fully saturated rings. The molecule has 0 aliphatic carbocycles. The maximum atomic E-state index is 4.46. The number of rotatable bonds is 8. The van der Waals surface area contributed by atoms with Crippen molar-refractivity contribution in [3.05, 3.63) is 48.4 Å². The van der Waals surface area contributed by atoms with Crippen molar-refractivity contribution in [2.24, 2.45) is 28.0 Å². The first-order valence-corrected chi connectivity index (χ1v) is 10.3. The molecule has 1 N–H and O–H groups in total. The molecule has 4 nitrogen and oxygen atoms in total. The van der Waals surface area contributed by atoms with Crippen molar-refractivity contribution in [2.75, 3.05) is 18.9 Å². The summed E-state index contributed by atoms with van der Waals surface area (Å²) in [4.78, 5) is 2.03. The Bertz CT molecular complexity index is 645. The van der Waals surface area contributed by atoms with Crippen molar-refractivity contribution in [3.8, 4) is 0 Å². The summed E-state index contributed by atoms with van der Waals surface area (Å²) in [6, 6.07) is 8.21. The Morgan fingerprint density at radius 1 is 1.11 bits per heavy atom. The minimum Gasteiger partial charge on any atom is -0.385 e. The Morgan fingerprint density at radius 2 is 1.85 bits per heavy atom. The van der Waals surface area contributed by atoms with Gasteiger partial charge in [-0.05, 0) is 67.4 Å². The highest BCUT2D eigenvalue weighted by Crippen LogP contribution is 2.22. The second-order valence-electron chi connectivity index (χ2n) is 8.12. The zero-order valence-electron chi connectivity index (χ0n) is 17.7. The molecule has 0 saturated carbocycles. The van der Waals surface area contributed by atoms with E-state index >= 15 is 0 Å². The second kappa shape index (κ2) is 10.9. The number of benzene rings is 1. The third kappa shape index (κ3) is 7.58. The third-order valence-corrected chi connectivity index (χ3v) is 5.22. The van der Waals surface area contributed by atoms with Gasteiger partial charge in [-0.25, -0.2) is 0 Å². The van der Waals surface area contributed by atoms with E-state index in [-0.39, 0.29) is 0 Å². The molecule has 1 aliphatic heterocycles. The molecule has 1 heterocycles. The molecule has 1 aliphatic rings. The predicted octanol–water partition coefficient (Wildman–Crippen LogP) is 6.97. The van der Waals surface area contributed by atoms with Gasteiger partial charge in [0.05, 0.1) is 5.69 Å². The van der Waals surface area contributed by atoms with Crippen LogP contribution in [0.1, 0.15) is 53.4 Å². The Balaban J connectivity index is 1.90. The first kappa shape index (κ1) is 21.2. The summed E-state index contributed by atoms with van der Waals surface area (Å²) in [5, 5.41) is 12.4. The molecular weight excluding hydrogens is 332 g/mol. The number of hydrogen-bond donors (Lipinski definition) is 1. The Hall–Kier alpha value is -2.10. The van der Waals surface area contributed by atoms with Gasteiger partial charge in [0.1, 0.15) is 0 Å². The van der Waals surface area contributed by atoms with Crippen LogP contribution in [-0.4, -0.2) is 18.5 Å². The van der Waals surface area contributed by atoms with Crippen LogP contribution in [0.5, 0.6) is 0 Å². The van der Waals surface area contributed by atoms with E-state index in [1.165, 1.54) is 12.8 Å². The molecule has 0 amide bonds. The maximum Gasteiger partial charge on any atom is 0.150 e. The first-order valence-electron chi connectivity index (χ1n) is 10.3. The van der Waals surface area contributed by atoms with Crippen molar-refractivity contribution in [3.63, 3.8) is 0 Å². The molecule has 27 heavy (non-hydrogen) atoms. The lowest BCUT2D eigenvalue weighted by Gasteiger charge is -2.18. The van der Waals surface area contributed by atoms with Crippen LogP contribution in [0.15, 0.2) is 58.7 Å². The quantitative estimate of drug-likeness (QED) is 0.503. The van der Waals surface area contributed by atoms with E-state index in [0.29, 0.717) is 11.8 Å². The normalized spacial score (nSPS) is 20.1. The van der Waals surface area contributed by atoms with Crippen LogP contribution in [-0.2, 0) is 0 Å². The van der Waals surface area contributed by atoms with Crippen molar-refractivity contribution in [2.45, 2.75) is 53.4 Å². The van der Waals surface area contributed by atoms with E-state index in [2.05, 4.69) is 73.7 Å². The Morgan fingerprint density at radius 3 is 2.56 bits per heavy atom. The number of nitrogens with zero attached hydrogens (tertiary/aromatic N) is 3. The van der Waals surface area contributed by atoms with Gasteiger partial charge in [0, 0.05) is 25.5 Å². The van der Waals surface area contributed by atoms with Gasteiger partial charge < -0.3 is 10.2 Å². The summed E-state index contributed by atoms with van der Waals surface area (Å²) in [6.45, 7) is 10.2. The summed E-state index contributed by atoms with van der Waals surface area (Å²) >= 11 is 0. The van der Waals surface area contributed by atoms with Crippen LogP contribution in [0.2, 0.25) is 0 Å². The van der Waals surface area contributed by atoms with E-state index in [1.54, 1.807) is 0 Å². The summed E-state index contributed by atoms with van der Waals surface area (Å²) < 4.78 is 0. The van der Waals surface area contributed by atoms with Gasteiger partial charge in [0.2, 0.25) is 0 Å². The van der Waals surface area contributed by atoms with Gasteiger partial charge in [-0.2, -0.15) is 0 Å². The molecule has 0 aromatic heterocycles. The second-order valence-corrected chi connectivity index (χ2v) is 8.12. The molecule has 2 rings (SSSR count). The molecule has 1 aromatic rings. The number of nitrogens with one attached hydrogen (secondary N) is 1. The Kier molecular flexibility index (Phi) is 8.56. The molecule has 3 atom stereocenters. The molecule has 148 valence electrons. The molecule has 0 radical (unpaired) electrons. The van der Waals surface area contributed by atoms with Crippen LogP contribution < -0.4 is 5.32 Å². The van der Waals surface area contributed by atoms with Crippen molar-refractivity contribution in [1.29, 1.82) is 0 Å². The maximum absolute atomic E-state index is 4.46. The van der Waals surface area contributed by atoms with Crippen LogP contribution in [0, 0.1) is 17.8 Å². The van der Waals surface area contributed by atoms with Crippen LogP contribution in [0.3, 0.4) is 0 Å². The number of anilines is 1. The molecule has 0 bridgehead atoms. The van der Waals surface area contributed by atoms with Crippen molar-refractivity contribution >= 4 is 11.4 Å². The van der Waals surface area contributed by atoms with Gasteiger partial charge >= 0.3 is 0 Å². The predicted molar refractivity (Wildman–Crippen MR) is 116 cm³/mol. The topological polar surface area (TPSA) is 40.0 Å². The van der Waals surface area contributed by atoms with E-state index in [9.17, 15) is 0 Å². The number of allylic oxidation sites excluding steroid dienone is 2. The minimum absolute atomic E-state index is 0.646. The van der Waals surface area contributed by atoms with Gasteiger partial charge in [0.25, 0.3) is 0 Å². The summed E-state index contributed by atoms with van der Waals surface area (Å²) in [6.07, 6.45) is 11.1. The van der Waals surface area contributed by atoms with E-state index in [4.69, 9.17) is 0 Å². The van der Waals surface area contributed by atoms with E-state index < -0.39 is 0 Å². The number of hydrogen-bond acceptors (Lipinski definition) is 4. The number of azo groups is 1. The third-order valence-electron chi connectivity index (χ3n) is 5.22. The highest BCUT2D eigenvalue weighted by molar-refractivity contribution is 5.50. The SMILES string of the molecule is CCC(C)CC(C)CNc1ccc(N=NC2=CCC(C)CC=CN2C)cc1.